The Kier molecular flexibility index (Phi) is 5.16. The first-order valence-electron chi connectivity index (χ1n) is 9.52. The number of anilines is 1. The molecule has 0 bridgehead atoms. The molecule has 1 unspecified atom stereocenters. The first-order valence-corrected chi connectivity index (χ1v) is 9.52. The van der Waals surface area contributed by atoms with Crippen LogP contribution in [0.4, 0.5) is 5.69 Å². The van der Waals surface area contributed by atoms with Crippen LogP contribution in [0.25, 0.3) is 0 Å². The molecule has 6 heteroatoms. The molecule has 2 aliphatic rings. The van der Waals surface area contributed by atoms with E-state index in [0.717, 1.165) is 49.3 Å². The number of aromatic nitrogens is 1. The van der Waals surface area contributed by atoms with E-state index in [1.807, 2.05) is 35.4 Å². The highest BCUT2D eigenvalue weighted by Gasteiger charge is 2.27. The van der Waals surface area contributed by atoms with Crippen LogP contribution in [0.3, 0.4) is 0 Å². The highest BCUT2D eigenvalue weighted by molar-refractivity contribution is 5.99. The molecule has 1 atom stereocenters. The van der Waals surface area contributed by atoms with Gasteiger partial charge in [0.1, 0.15) is 0 Å². The van der Waals surface area contributed by atoms with Crippen LogP contribution in [0.15, 0.2) is 42.7 Å². The number of carbonyl (C=O) groups excluding carboxylic acids is 2. The van der Waals surface area contributed by atoms with Gasteiger partial charge < -0.3 is 15.5 Å². The molecule has 0 saturated carbocycles. The standard InChI is InChI=1S/C21H24N4O2/c26-20-12-17-11-15(6-7-18(17)24-20)3-1-5-21(27)25-10-9-23-14-19(25)16-4-2-8-22-13-16/h2,4,6-8,11,13,19,23H,1,3,5,9-10,12,14H2,(H,24,26). The fourth-order valence-electron chi connectivity index (χ4n) is 3.90. The molecule has 1 saturated heterocycles. The summed E-state index contributed by atoms with van der Waals surface area (Å²) in [5, 5.41) is 6.22. The second kappa shape index (κ2) is 7.88. The lowest BCUT2D eigenvalue weighted by Crippen LogP contribution is -2.48. The number of nitrogens with one attached hydrogen (secondary N) is 2. The van der Waals surface area contributed by atoms with Crippen LogP contribution < -0.4 is 10.6 Å². The largest absolute Gasteiger partial charge is 0.333 e. The Morgan fingerprint density at radius 1 is 1.30 bits per heavy atom. The van der Waals surface area contributed by atoms with Crippen molar-refractivity contribution in [1.82, 2.24) is 15.2 Å². The number of piperazine rings is 1. The summed E-state index contributed by atoms with van der Waals surface area (Å²) in [7, 11) is 0. The molecule has 140 valence electrons. The van der Waals surface area contributed by atoms with Gasteiger partial charge in [-0.1, -0.05) is 18.2 Å². The second-order valence-electron chi connectivity index (χ2n) is 7.16. The molecule has 1 aromatic carbocycles. The Morgan fingerprint density at radius 3 is 3.07 bits per heavy atom. The lowest BCUT2D eigenvalue weighted by atomic mass is 10.0. The SMILES string of the molecule is O=C1Cc2cc(CCCC(=O)N3CCNCC3c3cccnc3)ccc2N1. The normalized spacial score (nSPS) is 18.9. The van der Waals surface area contributed by atoms with Gasteiger partial charge in [-0.3, -0.25) is 14.6 Å². The second-order valence-corrected chi connectivity index (χ2v) is 7.16. The molecule has 4 rings (SSSR count). The number of hydrogen-bond donors (Lipinski definition) is 2. The van der Waals surface area contributed by atoms with Gasteiger partial charge in [-0.2, -0.15) is 0 Å². The smallest absolute Gasteiger partial charge is 0.228 e. The number of nitrogens with zero attached hydrogens (tertiary/aromatic N) is 2. The van der Waals surface area contributed by atoms with E-state index in [1.165, 1.54) is 5.56 Å². The maximum atomic E-state index is 12.8. The molecular weight excluding hydrogens is 340 g/mol. The van der Waals surface area contributed by atoms with E-state index < -0.39 is 0 Å². The van der Waals surface area contributed by atoms with Gasteiger partial charge in [-0.15, -0.1) is 0 Å². The third-order valence-corrected chi connectivity index (χ3v) is 5.28. The van der Waals surface area contributed by atoms with Gasteiger partial charge >= 0.3 is 0 Å². The van der Waals surface area contributed by atoms with Crippen molar-refractivity contribution in [3.63, 3.8) is 0 Å². The number of hydrogen-bond acceptors (Lipinski definition) is 4. The number of rotatable bonds is 5. The molecule has 1 fully saturated rings. The van der Waals surface area contributed by atoms with Crippen molar-refractivity contribution < 1.29 is 9.59 Å². The van der Waals surface area contributed by atoms with Gasteiger partial charge in [0, 0.05) is 44.1 Å². The molecule has 0 aliphatic carbocycles. The van der Waals surface area contributed by atoms with Crippen molar-refractivity contribution in [3.05, 3.63) is 59.4 Å². The minimum atomic E-state index is 0.0528. The summed E-state index contributed by atoms with van der Waals surface area (Å²) >= 11 is 0. The van der Waals surface area contributed by atoms with E-state index in [1.54, 1.807) is 6.20 Å². The topological polar surface area (TPSA) is 74.3 Å². The minimum absolute atomic E-state index is 0.0528. The van der Waals surface area contributed by atoms with E-state index >= 15 is 0 Å². The fourth-order valence-corrected chi connectivity index (χ4v) is 3.90. The highest BCUT2D eigenvalue weighted by atomic mass is 16.2. The molecule has 0 radical (unpaired) electrons. The van der Waals surface area contributed by atoms with E-state index in [9.17, 15) is 9.59 Å². The monoisotopic (exact) mass is 364 g/mol. The molecule has 2 amide bonds. The lowest BCUT2D eigenvalue weighted by molar-refractivity contribution is -0.134. The van der Waals surface area contributed by atoms with E-state index in [4.69, 9.17) is 0 Å². The van der Waals surface area contributed by atoms with E-state index in [-0.39, 0.29) is 17.9 Å². The Hall–Kier alpha value is -2.73. The summed E-state index contributed by atoms with van der Waals surface area (Å²) in [6, 6.07) is 10.1. The Bertz CT molecular complexity index is 837. The maximum Gasteiger partial charge on any atom is 0.228 e. The molecule has 3 heterocycles. The molecule has 27 heavy (non-hydrogen) atoms. The van der Waals surface area contributed by atoms with Gasteiger partial charge in [0.2, 0.25) is 11.8 Å². The van der Waals surface area contributed by atoms with E-state index in [2.05, 4.69) is 21.7 Å². The van der Waals surface area contributed by atoms with Gasteiger partial charge in [-0.25, -0.2) is 0 Å². The molecule has 0 spiro atoms. The molecule has 2 N–H and O–H groups in total. The quantitative estimate of drug-likeness (QED) is 0.852. The van der Waals surface area contributed by atoms with E-state index in [0.29, 0.717) is 12.8 Å². The Balaban J connectivity index is 1.35. The van der Waals surface area contributed by atoms with Crippen LogP contribution in [-0.4, -0.2) is 41.3 Å². The molecule has 6 nitrogen and oxygen atoms in total. The average molecular weight is 364 g/mol. The fraction of sp³-hybridized carbons (Fsp3) is 0.381. The van der Waals surface area contributed by atoms with Crippen LogP contribution >= 0.6 is 0 Å². The zero-order valence-electron chi connectivity index (χ0n) is 15.3. The molecular formula is C21H24N4O2. The summed E-state index contributed by atoms with van der Waals surface area (Å²) in [6.07, 6.45) is 6.24. The number of amides is 2. The number of aryl methyl sites for hydroxylation is 1. The summed E-state index contributed by atoms with van der Waals surface area (Å²) < 4.78 is 0. The number of carbonyl (C=O) groups is 2. The third kappa shape index (κ3) is 4.01. The zero-order valence-corrected chi connectivity index (χ0v) is 15.3. The number of benzene rings is 1. The average Bonchev–Trinajstić information content (AvgIpc) is 3.08. The minimum Gasteiger partial charge on any atom is -0.333 e. The van der Waals surface area contributed by atoms with Crippen molar-refractivity contribution in [1.29, 1.82) is 0 Å². The van der Waals surface area contributed by atoms with Gasteiger partial charge in [-0.05, 0) is 41.7 Å². The maximum absolute atomic E-state index is 12.8. The predicted molar refractivity (Wildman–Crippen MR) is 103 cm³/mol. The Labute approximate surface area is 159 Å². The van der Waals surface area contributed by atoms with Gasteiger partial charge in [0.15, 0.2) is 0 Å². The molecule has 2 aromatic rings. The van der Waals surface area contributed by atoms with Crippen molar-refractivity contribution in [3.8, 4) is 0 Å². The summed E-state index contributed by atoms with van der Waals surface area (Å²) in [4.78, 5) is 30.5. The number of pyridine rings is 1. The third-order valence-electron chi connectivity index (χ3n) is 5.28. The Morgan fingerprint density at radius 2 is 2.22 bits per heavy atom. The van der Waals surface area contributed by atoms with Crippen molar-refractivity contribution in [2.45, 2.75) is 31.7 Å². The molecule has 2 aliphatic heterocycles. The highest BCUT2D eigenvalue weighted by Crippen LogP contribution is 2.25. The summed E-state index contributed by atoms with van der Waals surface area (Å²) in [5.41, 5.74) is 4.23. The van der Waals surface area contributed by atoms with Crippen molar-refractivity contribution in [2.24, 2.45) is 0 Å². The van der Waals surface area contributed by atoms with Crippen LogP contribution in [-0.2, 0) is 22.4 Å². The van der Waals surface area contributed by atoms with Crippen LogP contribution in [0.5, 0.6) is 0 Å². The van der Waals surface area contributed by atoms with Crippen molar-refractivity contribution in [2.75, 3.05) is 25.0 Å². The summed E-state index contributed by atoms with van der Waals surface area (Å²) in [5.74, 6) is 0.251. The number of fused-ring (bicyclic) bond motifs is 1. The van der Waals surface area contributed by atoms with Crippen LogP contribution in [0.1, 0.15) is 35.6 Å². The lowest BCUT2D eigenvalue weighted by Gasteiger charge is -2.36. The van der Waals surface area contributed by atoms with Crippen molar-refractivity contribution >= 4 is 17.5 Å². The molecule has 1 aromatic heterocycles. The van der Waals surface area contributed by atoms with Gasteiger partial charge in [0.05, 0.1) is 12.5 Å². The zero-order chi connectivity index (χ0) is 18.6. The van der Waals surface area contributed by atoms with Crippen LogP contribution in [0, 0.1) is 0 Å². The van der Waals surface area contributed by atoms with Crippen LogP contribution in [0.2, 0.25) is 0 Å². The first-order chi connectivity index (χ1) is 13.2. The predicted octanol–water partition coefficient (Wildman–Crippen LogP) is 2.07. The van der Waals surface area contributed by atoms with Gasteiger partial charge in [0.25, 0.3) is 0 Å². The first kappa shape index (κ1) is 17.7. The summed E-state index contributed by atoms with van der Waals surface area (Å²) in [6.45, 7) is 2.32.